The molecule has 0 fully saturated rings. The van der Waals surface area contributed by atoms with Crippen LogP contribution < -0.4 is 0 Å². The van der Waals surface area contributed by atoms with E-state index in [0.717, 1.165) is 57.8 Å². The van der Waals surface area contributed by atoms with E-state index >= 15 is 0 Å². The first kappa shape index (κ1) is 53.7. The number of aliphatic hydroxyl groups is 3. The van der Waals surface area contributed by atoms with Crippen molar-refractivity contribution in [1.29, 1.82) is 0 Å². The lowest BCUT2D eigenvalue weighted by atomic mass is 10.0. The normalized spacial score (nSPS) is 14.5. The lowest BCUT2D eigenvalue weighted by Crippen LogP contribution is -2.35. The van der Waals surface area contributed by atoms with E-state index in [1.165, 1.54) is 109 Å². The summed E-state index contributed by atoms with van der Waals surface area (Å²) in [5, 5.41) is 28.2. The van der Waals surface area contributed by atoms with Crippen LogP contribution in [0.15, 0.2) is 12.2 Å². The summed E-state index contributed by atoms with van der Waals surface area (Å²) >= 11 is 0. The zero-order valence-corrected chi connectivity index (χ0v) is 35.9. The van der Waals surface area contributed by atoms with Crippen LogP contribution in [0.4, 0.5) is 0 Å². The molecule has 0 aromatic rings. The Labute approximate surface area is 335 Å². The fourth-order valence-corrected chi connectivity index (χ4v) is 7.29. The van der Waals surface area contributed by atoms with Gasteiger partial charge in [-0.25, -0.2) is 4.57 Å². The van der Waals surface area contributed by atoms with Crippen LogP contribution in [0.2, 0.25) is 0 Å². The SMILES string of the molecule is CCCCCCC/C=C\CCCCCCCCC(=O)O[C@H](COC(=O)CCCCCCCCCCCCCCCCC)COP(=O)(O)O[C@H](CO)[C@H](O)CO. The molecule has 0 aliphatic rings. The second-order valence-electron chi connectivity index (χ2n) is 15.2. The number of ether oxygens (including phenoxy) is 2. The summed E-state index contributed by atoms with van der Waals surface area (Å²) in [5.74, 6) is -0.993. The third-order valence-corrected chi connectivity index (χ3v) is 10.9. The minimum Gasteiger partial charge on any atom is -0.462 e. The molecule has 0 heterocycles. The van der Waals surface area contributed by atoms with Crippen molar-refractivity contribution >= 4 is 19.8 Å². The van der Waals surface area contributed by atoms with E-state index in [2.05, 4.69) is 26.0 Å². The van der Waals surface area contributed by atoms with E-state index in [4.69, 9.17) is 23.6 Å². The number of phosphoric acid groups is 1. The van der Waals surface area contributed by atoms with Gasteiger partial charge in [0, 0.05) is 12.8 Å². The van der Waals surface area contributed by atoms with E-state index in [0.29, 0.717) is 12.8 Å². The predicted octanol–water partition coefficient (Wildman–Crippen LogP) is 10.6. The summed E-state index contributed by atoms with van der Waals surface area (Å²) in [6.45, 7) is 1.85. The number of carbonyl (C=O) groups excluding carboxylic acids is 2. The summed E-state index contributed by atoms with van der Waals surface area (Å²) in [4.78, 5) is 35.3. The fraction of sp³-hybridized carbons (Fsp3) is 0.907. The highest BCUT2D eigenvalue weighted by Crippen LogP contribution is 2.45. The predicted molar refractivity (Wildman–Crippen MR) is 221 cm³/mol. The maximum atomic E-state index is 12.7. The Morgan fingerprint density at radius 3 is 1.38 bits per heavy atom. The van der Waals surface area contributed by atoms with Crippen LogP contribution in [0.1, 0.15) is 206 Å². The molecule has 0 aliphatic carbocycles. The second kappa shape index (κ2) is 39.5. The van der Waals surface area contributed by atoms with Gasteiger partial charge in [-0.1, -0.05) is 167 Å². The molecule has 0 saturated carbocycles. The van der Waals surface area contributed by atoms with Crippen LogP contribution in [0, 0.1) is 0 Å². The lowest BCUT2D eigenvalue weighted by molar-refractivity contribution is -0.161. The molecule has 11 nitrogen and oxygen atoms in total. The Bertz CT molecular complexity index is 948. The molecule has 0 spiro atoms. The van der Waals surface area contributed by atoms with Crippen LogP contribution in [-0.2, 0) is 32.7 Å². The van der Waals surface area contributed by atoms with Crippen molar-refractivity contribution in [1.82, 2.24) is 0 Å². The molecular formula is C43H83O11P. The number of hydrogen-bond donors (Lipinski definition) is 4. The van der Waals surface area contributed by atoms with Gasteiger partial charge in [0.15, 0.2) is 6.10 Å². The topological polar surface area (TPSA) is 169 Å². The first-order valence-corrected chi connectivity index (χ1v) is 23.7. The van der Waals surface area contributed by atoms with Crippen molar-refractivity contribution in [2.45, 2.75) is 225 Å². The van der Waals surface area contributed by atoms with Gasteiger partial charge in [0.25, 0.3) is 0 Å². The largest absolute Gasteiger partial charge is 0.472 e. The van der Waals surface area contributed by atoms with Crippen LogP contribution in [0.5, 0.6) is 0 Å². The number of esters is 2. The molecule has 0 aromatic heterocycles. The molecule has 326 valence electrons. The summed E-state index contributed by atoms with van der Waals surface area (Å²) in [6, 6.07) is 0. The third-order valence-electron chi connectivity index (χ3n) is 9.84. The molecule has 0 rings (SSSR count). The second-order valence-corrected chi connectivity index (χ2v) is 16.6. The highest BCUT2D eigenvalue weighted by molar-refractivity contribution is 7.47. The monoisotopic (exact) mass is 807 g/mol. The molecule has 0 aliphatic heterocycles. The molecule has 12 heteroatoms. The van der Waals surface area contributed by atoms with Crippen LogP contribution in [0.3, 0.4) is 0 Å². The maximum Gasteiger partial charge on any atom is 0.472 e. The highest BCUT2D eigenvalue weighted by atomic mass is 31.2. The van der Waals surface area contributed by atoms with Gasteiger partial charge in [-0.3, -0.25) is 18.6 Å². The van der Waals surface area contributed by atoms with E-state index in [-0.39, 0.29) is 19.4 Å². The maximum absolute atomic E-state index is 12.7. The average Bonchev–Trinajstić information content (AvgIpc) is 3.17. The molecule has 1 unspecified atom stereocenters. The number of phosphoric ester groups is 1. The first-order chi connectivity index (χ1) is 26.7. The summed E-state index contributed by atoms with van der Waals surface area (Å²) in [7, 11) is -4.84. The van der Waals surface area contributed by atoms with E-state index < -0.39 is 57.9 Å². The van der Waals surface area contributed by atoms with Gasteiger partial charge in [0.2, 0.25) is 0 Å². The van der Waals surface area contributed by atoms with E-state index in [1.54, 1.807) is 0 Å². The Kier molecular flexibility index (Phi) is 38.5. The zero-order chi connectivity index (χ0) is 40.7. The molecule has 0 saturated heterocycles. The zero-order valence-electron chi connectivity index (χ0n) is 35.0. The summed E-state index contributed by atoms with van der Waals surface area (Å²) < 4.78 is 33.1. The van der Waals surface area contributed by atoms with Crippen molar-refractivity contribution in [3.63, 3.8) is 0 Å². The minimum atomic E-state index is -4.84. The molecule has 55 heavy (non-hydrogen) atoms. The lowest BCUT2D eigenvalue weighted by Gasteiger charge is -2.24. The summed E-state index contributed by atoms with van der Waals surface area (Å²) in [6.07, 6.45) is 33.6. The number of carbonyl (C=O) groups is 2. The highest BCUT2D eigenvalue weighted by Gasteiger charge is 2.32. The Balaban J connectivity index is 4.44. The Morgan fingerprint density at radius 1 is 0.564 bits per heavy atom. The van der Waals surface area contributed by atoms with Crippen LogP contribution >= 0.6 is 7.82 Å². The quantitative estimate of drug-likeness (QED) is 0.0200. The molecule has 0 radical (unpaired) electrons. The van der Waals surface area contributed by atoms with Crippen LogP contribution in [-0.4, -0.2) is 76.9 Å². The Morgan fingerprint density at radius 2 is 0.964 bits per heavy atom. The van der Waals surface area contributed by atoms with Gasteiger partial charge in [0.1, 0.15) is 18.8 Å². The van der Waals surface area contributed by atoms with Crippen molar-refractivity contribution in [3.8, 4) is 0 Å². The Hall–Kier alpha value is -1.33. The van der Waals surface area contributed by atoms with E-state index in [1.807, 2.05) is 0 Å². The van der Waals surface area contributed by atoms with Gasteiger partial charge >= 0.3 is 19.8 Å². The van der Waals surface area contributed by atoms with Crippen molar-refractivity contribution < 1.29 is 52.9 Å². The molecule has 4 N–H and O–H groups in total. The molecule has 0 amide bonds. The van der Waals surface area contributed by atoms with Crippen LogP contribution in [0.25, 0.3) is 0 Å². The van der Waals surface area contributed by atoms with Gasteiger partial charge in [-0.15, -0.1) is 0 Å². The van der Waals surface area contributed by atoms with Crippen molar-refractivity contribution in [2.24, 2.45) is 0 Å². The minimum absolute atomic E-state index is 0.146. The first-order valence-electron chi connectivity index (χ1n) is 22.2. The molecule has 0 aromatic carbocycles. The van der Waals surface area contributed by atoms with E-state index in [9.17, 15) is 29.3 Å². The third kappa shape index (κ3) is 36.7. The van der Waals surface area contributed by atoms with Gasteiger partial charge < -0.3 is 29.7 Å². The van der Waals surface area contributed by atoms with Crippen molar-refractivity contribution in [3.05, 3.63) is 12.2 Å². The van der Waals surface area contributed by atoms with Gasteiger partial charge in [-0.2, -0.15) is 0 Å². The number of rotatable bonds is 42. The average molecular weight is 807 g/mol. The molecule has 0 bridgehead atoms. The smallest absolute Gasteiger partial charge is 0.462 e. The molecular weight excluding hydrogens is 723 g/mol. The standard InChI is InChI=1S/C43H83O11P/c1-3-5-7-9-11-13-15-17-19-21-23-25-27-29-31-33-42(47)51-37-39(38-52-55(49,50)54-41(36-45)40(46)35-44)53-43(48)34-32-30-28-26-24-22-20-18-16-14-12-10-8-6-4-2/h16,18,39-41,44-46H,3-15,17,19-38H2,1-2H3,(H,49,50)/b18-16-/t39-,40-,41-/m1/s1. The van der Waals surface area contributed by atoms with Gasteiger partial charge in [0.05, 0.1) is 19.8 Å². The number of aliphatic hydroxyl groups excluding tert-OH is 3. The van der Waals surface area contributed by atoms with Gasteiger partial charge in [-0.05, 0) is 38.5 Å². The summed E-state index contributed by atoms with van der Waals surface area (Å²) in [5.41, 5.74) is 0. The van der Waals surface area contributed by atoms with Crippen molar-refractivity contribution in [2.75, 3.05) is 26.4 Å². The molecule has 4 atom stereocenters. The number of hydrogen-bond acceptors (Lipinski definition) is 10. The number of allylic oxidation sites excluding steroid dienone is 2. The number of unbranched alkanes of at least 4 members (excludes halogenated alkanes) is 25. The fourth-order valence-electron chi connectivity index (χ4n) is 6.32.